The van der Waals surface area contributed by atoms with Gasteiger partial charge in [0.05, 0.1) is 23.4 Å². The van der Waals surface area contributed by atoms with E-state index < -0.39 is 0 Å². The topological polar surface area (TPSA) is 45.7 Å². The van der Waals surface area contributed by atoms with Crippen molar-refractivity contribution >= 4 is 44.4 Å². The summed E-state index contributed by atoms with van der Waals surface area (Å²) in [5, 5.41) is 0.772. The van der Waals surface area contributed by atoms with Crippen molar-refractivity contribution in [3.8, 4) is 0 Å². The fourth-order valence-corrected chi connectivity index (χ4v) is 5.41. The van der Waals surface area contributed by atoms with E-state index in [1.807, 2.05) is 29.2 Å². The zero-order chi connectivity index (χ0) is 21.8. The first-order valence-corrected chi connectivity index (χ1v) is 12.6. The number of thiazole rings is 1. The van der Waals surface area contributed by atoms with E-state index in [9.17, 15) is 4.79 Å². The van der Waals surface area contributed by atoms with Crippen LogP contribution in [0.2, 0.25) is 0 Å². The van der Waals surface area contributed by atoms with E-state index >= 15 is 0 Å². The van der Waals surface area contributed by atoms with Crippen molar-refractivity contribution in [1.29, 1.82) is 0 Å². The number of hydrogen-bond donors (Lipinski definition) is 0. The third-order valence-corrected chi connectivity index (χ3v) is 7.64. The molecule has 1 aromatic heterocycles. The van der Waals surface area contributed by atoms with E-state index in [4.69, 9.17) is 9.72 Å². The lowest BCUT2D eigenvalue weighted by atomic mass is 10.1. The van der Waals surface area contributed by atoms with Gasteiger partial charge in [-0.2, -0.15) is 0 Å². The highest BCUT2D eigenvalue weighted by atomic mass is 32.2. The van der Waals surface area contributed by atoms with Crippen molar-refractivity contribution in [3.05, 3.63) is 53.1 Å². The van der Waals surface area contributed by atoms with Crippen LogP contribution in [0.4, 0.5) is 5.13 Å². The summed E-state index contributed by atoms with van der Waals surface area (Å²) in [6.45, 7) is 11.1. The van der Waals surface area contributed by atoms with Gasteiger partial charge >= 0.3 is 0 Å². The lowest BCUT2D eigenvalue weighted by Crippen LogP contribution is -2.43. The highest BCUT2D eigenvalue weighted by Gasteiger charge is 2.23. The van der Waals surface area contributed by atoms with Crippen LogP contribution in [0.3, 0.4) is 0 Å². The normalized spacial score (nSPS) is 14.8. The van der Waals surface area contributed by atoms with Crippen molar-refractivity contribution < 1.29 is 9.53 Å². The van der Waals surface area contributed by atoms with E-state index in [0.29, 0.717) is 12.1 Å². The molecule has 3 aromatic rings. The molecule has 0 unspecified atom stereocenters. The molecular weight excluding hydrogens is 426 g/mol. The first-order chi connectivity index (χ1) is 15.1. The number of ether oxygens (including phenoxy) is 1. The molecule has 7 heteroatoms. The van der Waals surface area contributed by atoms with Gasteiger partial charge in [-0.1, -0.05) is 24.3 Å². The van der Waals surface area contributed by atoms with Gasteiger partial charge in [-0.25, -0.2) is 4.98 Å². The molecule has 5 nitrogen and oxygen atoms in total. The summed E-state index contributed by atoms with van der Waals surface area (Å²) in [7, 11) is 0. The van der Waals surface area contributed by atoms with Gasteiger partial charge in [-0.05, 0) is 61.1 Å². The van der Waals surface area contributed by atoms with Crippen LogP contribution in [0, 0.1) is 13.8 Å². The zero-order valence-corrected chi connectivity index (χ0v) is 20.0. The Hall–Kier alpha value is -1.93. The fraction of sp³-hybridized carbons (Fsp3) is 0.417. The minimum atomic E-state index is 0.00902. The lowest BCUT2D eigenvalue weighted by molar-refractivity contribution is 0.0391. The van der Waals surface area contributed by atoms with Crippen LogP contribution >= 0.6 is 23.1 Å². The number of carbonyl (C=O) groups excluding carboxylic acids is 1. The number of fused-ring (bicyclic) bond motifs is 1. The molecule has 1 fully saturated rings. The Bertz CT molecular complexity index is 1040. The minimum Gasteiger partial charge on any atom is -0.379 e. The van der Waals surface area contributed by atoms with E-state index in [1.165, 1.54) is 16.0 Å². The molecule has 0 saturated carbocycles. The SMILES string of the molecule is CCSc1ccc(C(=O)N(CCN2CCOCC2)c2nc3c(C)c(C)ccc3s2)cc1. The smallest absolute Gasteiger partial charge is 0.260 e. The minimum absolute atomic E-state index is 0.00902. The predicted octanol–water partition coefficient (Wildman–Crippen LogP) is 5.00. The summed E-state index contributed by atoms with van der Waals surface area (Å²) < 4.78 is 6.59. The molecule has 1 amide bonds. The van der Waals surface area contributed by atoms with Crippen molar-refractivity contribution in [2.75, 3.05) is 50.0 Å². The van der Waals surface area contributed by atoms with Gasteiger partial charge in [0.15, 0.2) is 5.13 Å². The van der Waals surface area contributed by atoms with Gasteiger partial charge in [0, 0.05) is 36.6 Å². The van der Waals surface area contributed by atoms with Gasteiger partial charge in [0.25, 0.3) is 5.91 Å². The van der Waals surface area contributed by atoms with Crippen LogP contribution in [-0.2, 0) is 4.74 Å². The predicted molar refractivity (Wildman–Crippen MR) is 131 cm³/mol. The summed E-state index contributed by atoms with van der Waals surface area (Å²) in [4.78, 5) is 23.9. The Morgan fingerprint density at radius 1 is 1.16 bits per heavy atom. The highest BCUT2D eigenvalue weighted by molar-refractivity contribution is 7.99. The quantitative estimate of drug-likeness (QED) is 0.469. The number of carbonyl (C=O) groups is 1. The third-order valence-electron chi connectivity index (χ3n) is 5.71. The Balaban J connectivity index is 1.63. The molecular formula is C24H29N3O2S2. The maximum Gasteiger partial charge on any atom is 0.260 e. The fourth-order valence-electron chi connectivity index (χ4n) is 3.70. The Labute approximate surface area is 192 Å². The molecule has 1 aliphatic rings. The van der Waals surface area contributed by atoms with Gasteiger partial charge in [0.1, 0.15) is 0 Å². The first kappa shape index (κ1) is 22.3. The van der Waals surface area contributed by atoms with Crippen LogP contribution in [0.5, 0.6) is 0 Å². The molecule has 1 saturated heterocycles. The average molecular weight is 456 g/mol. The second-order valence-corrected chi connectivity index (χ2v) is 10.1. The molecule has 164 valence electrons. The van der Waals surface area contributed by atoms with Gasteiger partial charge in [0.2, 0.25) is 0 Å². The lowest BCUT2D eigenvalue weighted by Gasteiger charge is -2.29. The van der Waals surface area contributed by atoms with Crippen LogP contribution in [0.15, 0.2) is 41.3 Å². The molecule has 0 atom stereocenters. The molecule has 4 rings (SSSR count). The zero-order valence-electron chi connectivity index (χ0n) is 18.4. The molecule has 0 N–H and O–H groups in total. The second-order valence-electron chi connectivity index (χ2n) is 7.72. The van der Waals surface area contributed by atoms with Crippen molar-refractivity contribution in [2.24, 2.45) is 0 Å². The molecule has 31 heavy (non-hydrogen) atoms. The van der Waals surface area contributed by atoms with Crippen LogP contribution < -0.4 is 4.90 Å². The second kappa shape index (κ2) is 10.1. The van der Waals surface area contributed by atoms with Crippen LogP contribution in [-0.4, -0.2) is 60.9 Å². The summed E-state index contributed by atoms with van der Waals surface area (Å²) in [6.07, 6.45) is 0. The van der Waals surface area contributed by atoms with E-state index in [-0.39, 0.29) is 5.91 Å². The van der Waals surface area contributed by atoms with Crippen molar-refractivity contribution in [2.45, 2.75) is 25.7 Å². The summed E-state index contributed by atoms with van der Waals surface area (Å²) in [6, 6.07) is 12.2. The summed E-state index contributed by atoms with van der Waals surface area (Å²) in [5.41, 5.74) is 4.11. The van der Waals surface area contributed by atoms with E-state index in [0.717, 1.165) is 53.9 Å². The number of rotatable bonds is 7. The number of benzene rings is 2. The number of anilines is 1. The number of nitrogens with zero attached hydrogens (tertiary/aromatic N) is 3. The molecule has 0 aliphatic carbocycles. The number of thioether (sulfide) groups is 1. The van der Waals surface area contributed by atoms with Crippen LogP contribution in [0.1, 0.15) is 28.4 Å². The number of aromatic nitrogens is 1. The maximum absolute atomic E-state index is 13.6. The van der Waals surface area contributed by atoms with Crippen molar-refractivity contribution in [3.63, 3.8) is 0 Å². The first-order valence-electron chi connectivity index (χ1n) is 10.8. The average Bonchev–Trinajstić information content (AvgIpc) is 3.22. The molecule has 0 bridgehead atoms. The highest BCUT2D eigenvalue weighted by Crippen LogP contribution is 2.32. The van der Waals surface area contributed by atoms with Crippen LogP contribution in [0.25, 0.3) is 10.2 Å². The largest absolute Gasteiger partial charge is 0.379 e. The van der Waals surface area contributed by atoms with Gasteiger partial charge in [-0.3, -0.25) is 14.6 Å². The summed E-state index contributed by atoms with van der Waals surface area (Å²) in [5.74, 6) is 1.03. The Morgan fingerprint density at radius 2 is 1.90 bits per heavy atom. The van der Waals surface area contributed by atoms with E-state index in [2.05, 4.69) is 37.8 Å². The Kier molecular flexibility index (Phi) is 7.27. The number of amides is 1. The maximum atomic E-state index is 13.6. The van der Waals surface area contributed by atoms with Gasteiger partial charge < -0.3 is 4.74 Å². The number of morpholine rings is 1. The number of hydrogen-bond acceptors (Lipinski definition) is 6. The van der Waals surface area contributed by atoms with Crippen molar-refractivity contribution in [1.82, 2.24) is 9.88 Å². The monoisotopic (exact) mass is 455 g/mol. The molecule has 0 radical (unpaired) electrons. The Morgan fingerprint density at radius 3 is 2.61 bits per heavy atom. The number of aryl methyl sites for hydroxylation is 2. The van der Waals surface area contributed by atoms with Gasteiger partial charge in [-0.15, -0.1) is 11.8 Å². The third kappa shape index (κ3) is 5.12. The molecule has 2 aromatic carbocycles. The van der Waals surface area contributed by atoms with E-state index in [1.54, 1.807) is 23.1 Å². The summed E-state index contributed by atoms with van der Waals surface area (Å²) >= 11 is 3.38. The molecule has 0 spiro atoms. The molecule has 2 heterocycles. The standard InChI is InChI=1S/C24H29N3O2S2/c1-4-30-20-8-6-19(7-9-20)23(28)27(12-11-26-13-15-29-16-14-26)24-25-22-18(3)17(2)5-10-21(22)31-24/h5-10H,4,11-16H2,1-3H3. The molecule has 1 aliphatic heterocycles.